The molecule has 1 aliphatic rings. The molecule has 0 aliphatic carbocycles. The molecule has 0 bridgehead atoms. The summed E-state index contributed by atoms with van der Waals surface area (Å²) in [6.07, 6.45) is 7.52. The normalized spacial score (nSPS) is 18.3. The molecule has 0 N–H and O–H groups in total. The lowest BCUT2D eigenvalue weighted by molar-refractivity contribution is 0.0673. The summed E-state index contributed by atoms with van der Waals surface area (Å²) in [6, 6.07) is 5.84. The number of carbonyl (C=O) groups is 1. The fourth-order valence-corrected chi connectivity index (χ4v) is 2.94. The molecule has 0 radical (unpaired) electrons. The van der Waals surface area contributed by atoms with E-state index in [1.54, 1.807) is 12.4 Å². The number of anilines is 1. The van der Waals surface area contributed by atoms with Gasteiger partial charge in [0, 0.05) is 45.8 Å². The predicted octanol–water partition coefficient (Wildman–Crippen LogP) is 1.82. The minimum atomic E-state index is 0.0497. The highest BCUT2D eigenvalue weighted by Crippen LogP contribution is 2.24. The van der Waals surface area contributed by atoms with Gasteiger partial charge in [0.2, 0.25) is 0 Å². The molecule has 2 aromatic rings. The van der Waals surface area contributed by atoms with Crippen molar-refractivity contribution in [2.45, 2.75) is 18.9 Å². The Bertz CT molecular complexity index is 638. The molecular formula is C16H21N5O. The van der Waals surface area contributed by atoms with Gasteiger partial charge >= 0.3 is 0 Å². The first-order chi connectivity index (χ1) is 10.7. The Kier molecular flexibility index (Phi) is 4.09. The molecule has 116 valence electrons. The van der Waals surface area contributed by atoms with Gasteiger partial charge in [-0.25, -0.2) is 4.98 Å². The first kappa shape index (κ1) is 14.6. The predicted molar refractivity (Wildman–Crippen MR) is 85.0 cm³/mol. The second-order valence-corrected chi connectivity index (χ2v) is 5.80. The van der Waals surface area contributed by atoms with Gasteiger partial charge in [0.05, 0.1) is 11.6 Å². The second-order valence-electron chi connectivity index (χ2n) is 5.80. The standard InChI is InChI=1S/C16H21N5O/c1-19(2)15-14(7-3-8-17-15)16(22)20-10-4-6-13(12-20)21-11-5-9-18-21/h3,5,7-9,11,13H,4,6,10,12H2,1-2H3/t13-/m0/s1. The molecule has 0 spiro atoms. The maximum Gasteiger partial charge on any atom is 0.257 e. The Balaban J connectivity index is 1.80. The van der Waals surface area contributed by atoms with Gasteiger partial charge in [-0.3, -0.25) is 9.48 Å². The number of rotatable bonds is 3. The number of likely N-dealkylation sites (tertiary alicyclic amines) is 1. The summed E-state index contributed by atoms with van der Waals surface area (Å²) in [6.45, 7) is 1.49. The lowest BCUT2D eigenvalue weighted by atomic mass is 10.0. The summed E-state index contributed by atoms with van der Waals surface area (Å²) < 4.78 is 1.95. The van der Waals surface area contributed by atoms with E-state index in [9.17, 15) is 4.79 Å². The van der Waals surface area contributed by atoms with Crippen molar-refractivity contribution in [3.05, 3.63) is 42.4 Å². The van der Waals surface area contributed by atoms with E-state index in [4.69, 9.17) is 0 Å². The molecule has 3 rings (SSSR count). The van der Waals surface area contributed by atoms with E-state index in [0.29, 0.717) is 17.9 Å². The Morgan fingerprint density at radius 3 is 2.91 bits per heavy atom. The fourth-order valence-electron chi connectivity index (χ4n) is 2.94. The van der Waals surface area contributed by atoms with E-state index in [2.05, 4.69) is 10.1 Å². The van der Waals surface area contributed by atoms with Crippen LogP contribution in [0.25, 0.3) is 0 Å². The van der Waals surface area contributed by atoms with Crippen molar-refractivity contribution in [2.75, 3.05) is 32.1 Å². The maximum absolute atomic E-state index is 12.9. The lowest BCUT2D eigenvalue weighted by Crippen LogP contribution is -2.41. The number of hydrogen-bond acceptors (Lipinski definition) is 4. The first-order valence-corrected chi connectivity index (χ1v) is 7.57. The van der Waals surface area contributed by atoms with Crippen LogP contribution in [0.1, 0.15) is 29.2 Å². The average molecular weight is 299 g/mol. The van der Waals surface area contributed by atoms with E-state index in [-0.39, 0.29) is 11.9 Å². The molecule has 0 unspecified atom stereocenters. The smallest absolute Gasteiger partial charge is 0.257 e. The summed E-state index contributed by atoms with van der Waals surface area (Å²) in [4.78, 5) is 21.0. The topological polar surface area (TPSA) is 54.3 Å². The summed E-state index contributed by atoms with van der Waals surface area (Å²) in [5, 5.41) is 4.31. The zero-order valence-corrected chi connectivity index (χ0v) is 13.0. The van der Waals surface area contributed by atoms with Crippen LogP contribution < -0.4 is 4.90 Å². The van der Waals surface area contributed by atoms with Crippen molar-refractivity contribution < 1.29 is 4.79 Å². The molecule has 6 heteroatoms. The van der Waals surface area contributed by atoms with Crippen molar-refractivity contribution in [1.82, 2.24) is 19.7 Å². The summed E-state index contributed by atoms with van der Waals surface area (Å²) >= 11 is 0. The van der Waals surface area contributed by atoms with Crippen LogP contribution in [0.3, 0.4) is 0 Å². The lowest BCUT2D eigenvalue weighted by Gasteiger charge is -2.33. The largest absolute Gasteiger partial charge is 0.362 e. The number of piperidine rings is 1. The zero-order chi connectivity index (χ0) is 15.5. The number of hydrogen-bond donors (Lipinski definition) is 0. The molecule has 1 atom stereocenters. The zero-order valence-electron chi connectivity index (χ0n) is 13.0. The highest BCUT2D eigenvalue weighted by atomic mass is 16.2. The van der Waals surface area contributed by atoms with Crippen LogP contribution >= 0.6 is 0 Å². The Morgan fingerprint density at radius 2 is 2.18 bits per heavy atom. The summed E-state index contributed by atoms with van der Waals surface area (Å²) in [5.41, 5.74) is 0.661. The van der Waals surface area contributed by atoms with Crippen LogP contribution in [0.4, 0.5) is 5.82 Å². The third-order valence-corrected chi connectivity index (χ3v) is 4.02. The molecule has 2 aromatic heterocycles. The van der Waals surface area contributed by atoms with Gasteiger partial charge < -0.3 is 9.80 Å². The minimum Gasteiger partial charge on any atom is -0.362 e. The van der Waals surface area contributed by atoms with Gasteiger partial charge in [-0.1, -0.05) is 0 Å². The molecule has 22 heavy (non-hydrogen) atoms. The maximum atomic E-state index is 12.9. The third kappa shape index (κ3) is 2.81. The Morgan fingerprint density at radius 1 is 1.32 bits per heavy atom. The van der Waals surface area contributed by atoms with Crippen LogP contribution in [-0.2, 0) is 0 Å². The minimum absolute atomic E-state index is 0.0497. The number of aromatic nitrogens is 3. The number of nitrogens with zero attached hydrogens (tertiary/aromatic N) is 5. The second kappa shape index (κ2) is 6.17. The molecular weight excluding hydrogens is 278 g/mol. The highest BCUT2D eigenvalue weighted by molar-refractivity contribution is 5.98. The average Bonchev–Trinajstić information content (AvgIpc) is 3.09. The van der Waals surface area contributed by atoms with Gasteiger partial charge in [-0.05, 0) is 31.0 Å². The third-order valence-electron chi connectivity index (χ3n) is 4.02. The van der Waals surface area contributed by atoms with E-state index in [0.717, 1.165) is 19.4 Å². The number of amides is 1. The molecule has 0 saturated carbocycles. The van der Waals surface area contributed by atoms with Gasteiger partial charge in [-0.2, -0.15) is 5.10 Å². The van der Waals surface area contributed by atoms with Crippen LogP contribution in [0.15, 0.2) is 36.8 Å². The van der Waals surface area contributed by atoms with Crippen molar-refractivity contribution in [2.24, 2.45) is 0 Å². The van der Waals surface area contributed by atoms with Crippen LogP contribution in [0, 0.1) is 0 Å². The first-order valence-electron chi connectivity index (χ1n) is 7.57. The van der Waals surface area contributed by atoms with Crippen molar-refractivity contribution in [3.8, 4) is 0 Å². The molecule has 1 fully saturated rings. The monoisotopic (exact) mass is 299 g/mol. The van der Waals surface area contributed by atoms with Gasteiger partial charge in [0.1, 0.15) is 5.82 Å². The van der Waals surface area contributed by atoms with E-state index in [1.165, 1.54) is 0 Å². The van der Waals surface area contributed by atoms with Gasteiger partial charge in [-0.15, -0.1) is 0 Å². The number of pyridine rings is 1. The van der Waals surface area contributed by atoms with E-state index < -0.39 is 0 Å². The molecule has 1 aliphatic heterocycles. The van der Waals surface area contributed by atoms with Crippen LogP contribution in [0.5, 0.6) is 0 Å². The molecule has 1 saturated heterocycles. The Labute approximate surface area is 130 Å². The van der Waals surface area contributed by atoms with Gasteiger partial charge in [0.25, 0.3) is 5.91 Å². The molecule has 3 heterocycles. The Hall–Kier alpha value is -2.37. The van der Waals surface area contributed by atoms with Crippen molar-refractivity contribution in [1.29, 1.82) is 0 Å². The quantitative estimate of drug-likeness (QED) is 0.867. The molecule has 0 aromatic carbocycles. The number of carbonyl (C=O) groups excluding carboxylic acids is 1. The molecule has 6 nitrogen and oxygen atoms in total. The van der Waals surface area contributed by atoms with E-state index >= 15 is 0 Å². The SMILES string of the molecule is CN(C)c1ncccc1C(=O)N1CCC[C@H](n2cccn2)C1. The van der Waals surface area contributed by atoms with Gasteiger partial charge in [0.15, 0.2) is 0 Å². The van der Waals surface area contributed by atoms with Crippen molar-refractivity contribution in [3.63, 3.8) is 0 Å². The molecule has 1 amide bonds. The fraction of sp³-hybridized carbons (Fsp3) is 0.438. The van der Waals surface area contributed by atoms with E-state index in [1.807, 2.05) is 53.0 Å². The van der Waals surface area contributed by atoms with Crippen LogP contribution in [-0.4, -0.2) is 52.8 Å². The highest BCUT2D eigenvalue weighted by Gasteiger charge is 2.27. The summed E-state index contributed by atoms with van der Waals surface area (Å²) in [5.74, 6) is 0.766. The van der Waals surface area contributed by atoms with Crippen LogP contribution in [0.2, 0.25) is 0 Å². The summed E-state index contributed by atoms with van der Waals surface area (Å²) in [7, 11) is 3.81. The van der Waals surface area contributed by atoms with Crippen molar-refractivity contribution >= 4 is 11.7 Å².